The predicted molar refractivity (Wildman–Crippen MR) is 236 cm³/mol. The van der Waals surface area contributed by atoms with Gasteiger partial charge in [0, 0.05) is 91.4 Å². The minimum atomic E-state index is -4.25. The summed E-state index contributed by atoms with van der Waals surface area (Å²) >= 11 is 7.75. The lowest BCUT2D eigenvalue weighted by atomic mass is 9.87. The van der Waals surface area contributed by atoms with Gasteiger partial charge in [0.1, 0.15) is 5.69 Å². The van der Waals surface area contributed by atoms with Crippen molar-refractivity contribution < 1.29 is 22.9 Å². The van der Waals surface area contributed by atoms with Crippen molar-refractivity contribution >= 4 is 61.9 Å². The van der Waals surface area contributed by atoms with Gasteiger partial charge in [-0.15, -0.1) is 11.8 Å². The second kappa shape index (κ2) is 19.9. The highest BCUT2D eigenvalue weighted by Crippen LogP contribution is 2.37. The molecule has 2 N–H and O–H groups in total. The van der Waals surface area contributed by atoms with Crippen LogP contribution in [0.5, 0.6) is 0 Å². The Balaban J connectivity index is 1.12. The molecule has 2 saturated heterocycles. The number of primary sulfonamides is 1. The number of hydrogen-bond acceptors (Lipinski definition) is 10. The van der Waals surface area contributed by atoms with Crippen molar-refractivity contribution in [3.63, 3.8) is 0 Å². The third kappa shape index (κ3) is 11.1. The van der Waals surface area contributed by atoms with Gasteiger partial charge in [-0.05, 0) is 104 Å². The van der Waals surface area contributed by atoms with Crippen LogP contribution in [0.4, 0.5) is 17.1 Å². The van der Waals surface area contributed by atoms with Crippen LogP contribution in [-0.2, 0) is 14.8 Å². The molecular weight excluding hydrogens is 808 g/mol. The molecule has 15 heteroatoms. The zero-order valence-electron chi connectivity index (χ0n) is 33.1. The first kappa shape index (κ1) is 42.8. The zero-order chi connectivity index (χ0) is 41.4. The molecule has 0 aromatic heterocycles. The van der Waals surface area contributed by atoms with E-state index < -0.39 is 37.5 Å². The number of nitro benzene ring substituents is 1. The van der Waals surface area contributed by atoms with E-state index in [1.54, 1.807) is 23.9 Å². The summed E-state index contributed by atoms with van der Waals surface area (Å²) < 4.78 is 30.2. The number of halogens is 1. The molecule has 1 amide bonds. The number of carbonyl (C=O) groups is 1. The molecule has 0 saturated carbocycles. The number of rotatable bonds is 15. The lowest BCUT2D eigenvalue weighted by Gasteiger charge is -2.37. The number of morpholine rings is 1. The van der Waals surface area contributed by atoms with Crippen molar-refractivity contribution in [1.29, 1.82) is 0 Å². The molecule has 2 heterocycles. The van der Waals surface area contributed by atoms with E-state index in [0.717, 1.165) is 80.3 Å². The Hall–Kier alpha value is -4.28. The molecule has 2 aliphatic heterocycles. The Labute approximate surface area is 356 Å². The molecule has 4 aromatic carbocycles. The van der Waals surface area contributed by atoms with Crippen LogP contribution >= 0.6 is 23.4 Å². The Bertz CT molecular complexity index is 2210. The lowest BCUT2D eigenvalue weighted by Crippen LogP contribution is -2.47. The number of amides is 1. The quantitative estimate of drug-likeness (QED) is 0.0723. The topological polar surface area (TPSA) is 143 Å². The third-order valence-corrected chi connectivity index (χ3v) is 13.7. The number of hydrogen-bond donors (Lipinski definition) is 1. The number of nitro groups is 1. The van der Waals surface area contributed by atoms with Crippen molar-refractivity contribution in [2.75, 3.05) is 81.1 Å². The van der Waals surface area contributed by atoms with Gasteiger partial charge in [0.25, 0.3) is 11.6 Å². The Morgan fingerprint density at radius 1 is 0.881 bits per heavy atom. The second-order valence-electron chi connectivity index (χ2n) is 15.3. The summed E-state index contributed by atoms with van der Waals surface area (Å²) in [5, 5.41) is 18.8. The molecule has 4 aromatic rings. The number of ether oxygens (including phenoxy) is 1. The molecule has 12 nitrogen and oxygen atoms in total. The first-order valence-electron chi connectivity index (χ1n) is 20.2. The van der Waals surface area contributed by atoms with E-state index in [-0.39, 0.29) is 5.69 Å². The molecule has 7 rings (SSSR count). The first-order valence-corrected chi connectivity index (χ1v) is 23.1. The van der Waals surface area contributed by atoms with E-state index in [1.807, 2.05) is 54.6 Å². The average molecular weight is 860 g/mol. The molecule has 0 radical (unpaired) electrons. The summed E-state index contributed by atoms with van der Waals surface area (Å²) in [5.74, 6) is 0.0278. The second-order valence-corrected chi connectivity index (χ2v) is 18.3. The zero-order valence-corrected chi connectivity index (χ0v) is 35.5. The Morgan fingerprint density at radius 3 is 2.25 bits per heavy atom. The Kier molecular flexibility index (Phi) is 14.4. The summed E-state index contributed by atoms with van der Waals surface area (Å²) in [4.78, 5) is 36.0. The maximum atomic E-state index is 14.9. The van der Waals surface area contributed by atoms with Gasteiger partial charge in [-0.25, -0.2) is 13.6 Å². The van der Waals surface area contributed by atoms with Gasteiger partial charge in [0.2, 0.25) is 10.0 Å². The summed E-state index contributed by atoms with van der Waals surface area (Å²) in [6, 6.07) is 28.5. The summed E-state index contributed by atoms with van der Waals surface area (Å²) in [7, 11) is -4.25. The summed E-state index contributed by atoms with van der Waals surface area (Å²) in [5.41, 5.74) is 5.12. The van der Waals surface area contributed by atoms with E-state index in [9.17, 15) is 23.3 Å². The lowest BCUT2D eigenvalue weighted by molar-refractivity contribution is -0.384. The third-order valence-electron chi connectivity index (χ3n) is 11.4. The van der Waals surface area contributed by atoms with Crippen molar-refractivity contribution in [1.82, 2.24) is 9.80 Å². The fourth-order valence-corrected chi connectivity index (χ4v) is 9.89. The molecule has 312 valence electrons. The van der Waals surface area contributed by atoms with Gasteiger partial charge in [0.05, 0.1) is 23.0 Å². The minimum absolute atomic E-state index is 0.0144. The molecule has 1 atom stereocenters. The van der Waals surface area contributed by atoms with Crippen LogP contribution in [0.15, 0.2) is 112 Å². The molecular formula is C44H51ClN6O6S2. The van der Waals surface area contributed by atoms with Crippen LogP contribution in [0.3, 0.4) is 0 Å². The fourth-order valence-electron chi connectivity index (χ4n) is 8.18. The Morgan fingerprint density at radius 2 is 1.58 bits per heavy atom. The first-order chi connectivity index (χ1) is 28.5. The van der Waals surface area contributed by atoms with E-state index in [0.29, 0.717) is 37.5 Å². The highest BCUT2D eigenvalue weighted by Gasteiger charge is 2.34. The van der Waals surface area contributed by atoms with Crippen LogP contribution in [0.2, 0.25) is 5.02 Å². The number of allylic oxidation sites excluding steroid dienone is 1. The van der Waals surface area contributed by atoms with Crippen LogP contribution in [0.1, 0.15) is 48.0 Å². The van der Waals surface area contributed by atoms with E-state index in [4.69, 9.17) is 21.5 Å². The van der Waals surface area contributed by atoms with E-state index in [2.05, 4.69) is 26.8 Å². The maximum absolute atomic E-state index is 14.9. The number of sulfonamides is 1. The van der Waals surface area contributed by atoms with Gasteiger partial charge >= 0.3 is 0 Å². The van der Waals surface area contributed by atoms with E-state index >= 15 is 0 Å². The van der Waals surface area contributed by atoms with Gasteiger partial charge in [-0.2, -0.15) is 0 Å². The van der Waals surface area contributed by atoms with Crippen molar-refractivity contribution in [3.8, 4) is 0 Å². The minimum Gasteiger partial charge on any atom is -0.379 e. The highest BCUT2D eigenvalue weighted by atomic mass is 35.5. The van der Waals surface area contributed by atoms with E-state index in [1.165, 1.54) is 46.6 Å². The van der Waals surface area contributed by atoms with Crippen LogP contribution in [0.25, 0.3) is 5.57 Å². The maximum Gasteiger partial charge on any atom is 0.294 e. The molecule has 0 spiro atoms. The van der Waals surface area contributed by atoms with Crippen LogP contribution < -0.4 is 14.9 Å². The van der Waals surface area contributed by atoms with Crippen molar-refractivity contribution in [2.24, 2.45) is 5.14 Å². The molecule has 3 aliphatic rings. The number of nitrogens with two attached hydrogens (primary N) is 1. The van der Waals surface area contributed by atoms with Crippen molar-refractivity contribution in [3.05, 3.63) is 129 Å². The number of benzene rings is 4. The largest absolute Gasteiger partial charge is 0.379 e. The highest BCUT2D eigenvalue weighted by molar-refractivity contribution is 7.99. The van der Waals surface area contributed by atoms with Crippen LogP contribution in [-0.4, -0.2) is 106 Å². The monoisotopic (exact) mass is 858 g/mol. The molecule has 0 bridgehead atoms. The molecule has 0 unspecified atom stereocenters. The molecule has 2 fully saturated rings. The molecule has 59 heavy (non-hydrogen) atoms. The smallest absolute Gasteiger partial charge is 0.294 e. The predicted octanol–water partition coefficient (Wildman–Crippen LogP) is 7.58. The van der Waals surface area contributed by atoms with Crippen LogP contribution in [0, 0.1) is 10.1 Å². The number of carbonyl (C=O) groups excluding carboxylic acids is 1. The number of anilines is 2. The number of nitrogens with zero attached hydrogens (tertiary/aromatic N) is 5. The standard InChI is InChI=1S/C44H51ClN6O6S2/c45-36-14-10-33(11-15-36)41-9-5-4-6-35(41)31-48-22-24-49(25-23-48)37-16-12-34(13-17-37)44(52)50(42-19-18-40(59(46,55)56)30-43(42)51(53)54)38(20-21-47-26-28-57-29-27-47)32-58-39-7-2-1-3-8-39/h1-3,7-8,10-19,30,38H,4-6,9,20-29,31-32H2,(H2,46,55,56)/t38-/m1/s1. The van der Waals surface area contributed by atoms with Gasteiger partial charge < -0.3 is 9.64 Å². The van der Waals surface area contributed by atoms with Gasteiger partial charge in [-0.3, -0.25) is 29.6 Å². The summed E-state index contributed by atoms with van der Waals surface area (Å²) in [6.45, 7) is 7.80. The summed E-state index contributed by atoms with van der Waals surface area (Å²) in [6.07, 6.45) is 5.13. The van der Waals surface area contributed by atoms with Gasteiger partial charge in [0.15, 0.2) is 0 Å². The van der Waals surface area contributed by atoms with Gasteiger partial charge in [-0.1, -0.05) is 47.5 Å². The normalized spacial score (nSPS) is 17.5. The average Bonchev–Trinajstić information content (AvgIpc) is 3.25. The number of piperazine rings is 1. The van der Waals surface area contributed by atoms with Crippen molar-refractivity contribution in [2.45, 2.75) is 47.9 Å². The SMILES string of the molecule is NS(=O)(=O)c1ccc(N(C(=O)c2ccc(N3CCN(CC4=C(c5ccc(Cl)cc5)CCCC4)CC3)cc2)[C@H](CCN2CCOCC2)CSc2ccccc2)c([N+](=O)[O-])c1. The molecule has 1 aliphatic carbocycles. The fraction of sp³-hybridized carbons (Fsp3) is 0.386. The number of thioether (sulfide) groups is 1.